The van der Waals surface area contributed by atoms with Crippen molar-refractivity contribution in [3.63, 3.8) is 0 Å². The largest absolute Gasteiger partial charge is 0.360 e. The van der Waals surface area contributed by atoms with Crippen LogP contribution in [-0.4, -0.2) is 10.1 Å². The maximum absolute atomic E-state index is 10.6. The summed E-state index contributed by atoms with van der Waals surface area (Å²) in [5.74, 6) is 0. The summed E-state index contributed by atoms with van der Waals surface area (Å²) < 4.78 is 0. The van der Waals surface area contributed by atoms with Gasteiger partial charge in [0.2, 0.25) is 0 Å². The number of hydrogen-bond acceptors (Lipinski definition) is 3. The normalized spacial score (nSPS) is 29.1. The number of thioether (sulfide) groups is 1. The molecule has 68 valence electrons. The summed E-state index contributed by atoms with van der Waals surface area (Å²) in [7, 11) is 0. The van der Waals surface area contributed by atoms with Crippen molar-refractivity contribution in [2.45, 2.75) is 37.0 Å². The zero-order chi connectivity index (χ0) is 8.82. The molecule has 0 aromatic rings. The Labute approximate surface area is 76.2 Å². The SMILES string of the molecule is NC(=O)SC1(N)CC2(CCC2)C1. The van der Waals surface area contributed by atoms with E-state index >= 15 is 0 Å². The minimum Gasteiger partial charge on any atom is -0.360 e. The fourth-order valence-electron chi connectivity index (χ4n) is 2.52. The number of amides is 1. The minimum absolute atomic E-state index is 0.327. The van der Waals surface area contributed by atoms with Crippen molar-refractivity contribution in [1.29, 1.82) is 0 Å². The Morgan fingerprint density at radius 3 is 2.25 bits per heavy atom. The third-order valence-electron chi connectivity index (χ3n) is 3.07. The van der Waals surface area contributed by atoms with Gasteiger partial charge >= 0.3 is 0 Å². The summed E-state index contributed by atoms with van der Waals surface area (Å²) in [6.45, 7) is 0. The molecule has 1 amide bonds. The molecule has 0 atom stereocenters. The summed E-state index contributed by atoms with van der Waals surface area (Å²) in [4.78, 5) is 10.3. The van der Waals surface area contributed by atoms with Gasteiger partial charge in [0.1, 0.15) is 0 Å². The molecule has 1 spiro atoms. The van der Waals surface area contributed by atoms with Gasteiger partial charge in [0.15, 0.2) is 0 Å². The van der Waals surface area contributed by atoms with Gasteiger partial charge in [0, 0.05) is 0 Å². The topological polar surface area (TPSA) is 69.1 Å². The monoisotopic (exact) mass is 186 g/mol. The number of carbonyl (C=O) groups excluding carboxylic acids is 1. The molecular weight excluding hydrogens is 172 g/mol. The van der Waals surface area contributed by atoms with E-state index in [0.717, 1.165) is 24.6 Å². The summed E-state index contributed by atoms with van der Waals surface area (Å²) in [6.07, 6.45) is 5.88. The maximum Gasteiger partial charge on any atom is 0.278 e. The molecule has 4 N–H and O–H groups in total. The molecule has 2 rings (SSSR count). The molecule has 0 aromatic carbocycles. The van der Waals surface area contributed by atoms with E-state index in [4.69, 9.17) is 11.5 Å². The molecule has 0 aromatic heterocycles. The molecule has 4 heteroatoms. The minimum atomic E-state index is -0.341. The van der Waals surface area contributed by atoms with Gasteiger partial charge in [0.25, 0.3) is 5.24 Å². The van der Waals surface area contributed by atoms with Crippen LogP contribution in [0.15, 0.2) is 0 Å². The van der Waals surface area contributed by atoms with Crippen molar-refractivity contribution in [2.24, 2.45) is 16.9 Å². The van der Waals surface area contributed by atoms with Gasteiger partial charge in [-0.2, -0.15) is 0 Å². The Balaban J connectivity index is 1.88. The highest BCUT2D eigenvalue weighted by atomic mass is 32.2. The standard InChI is InChI=1S/C8H14N2OS/c9-6(11)12-8(10)4-7(5-8)2-1-3-7/h1-5,10H2,(H2,9,11). The number of carbonyl (C=O) groups is 1. The van der Waals surface area contributed by atoms with Crippen LogP contribution >= 0.6 is 11.8 Å². The Morgan fingerprint density at radius 2 is 1.92 bits per heavy atom. The first-order chi connectivity index (χ1) is 5.54. The molecule has 0 bridgehead atoms. The second-order valence-corrected chi connectivity index (χ2v) is 5.61. The third-order valence-corrected chi connectivity index (χ3v) is 3.96. The van der Waals surface area contributed by atoms with E-state index in [1.807, 2.05) is 0 Å². The fraction of sp³-hybridized carbons (Fsp3) is 0.875. The van der Waals surface area contributed by atoms with Crippen LogP contribution in [-0.2, 0) is 0 Å². The Kier molecular flexibility index (Phi) is 1.67. The molecule has 2 fully saturated rings. The van der Waals surface area contributed by atoms with Crippen LogP contribution in [0.25, 0.3) is 0 Å². The van der Waals surface area contributed by atoms with Crippen LogP contribution in [0.1, 0.15) is 32.1 Å². The van der Waals surface area contributed by atoms with Crippen LogP contribution in [0.2, 0.25) is 0 Å². The zero-order valence-corrected chi connectivity index (χ0v) is 7.82. The van der Waals surface area contributed by atoms with Gasteiger partial charge in [-0.3, -0.25) is 4.79 Å². The summed E-state index contributed by atoms with van der Waals surface area (Å²) in [6, 6.07) is 0. The highest BCUT2D eigenvalue weighted by molar-refractivity contribution is 8.14. The average Bonchev–Trinajstić information content (AvgIpc) is 1.76. The van der Waals surface area contributed by atoms with Crippen molar-refractivity contribution in [1.82, 2.24) is 0 Å². The quantitative estimate of drug-likeness (QED) is 0.608. The van der Waals surface area contributed by atoms with Gasteiger partial charge in [-0.05, 0) is 42.9 Å². The Bertz CT molecular complexity index is 217. The molecule has 2 aliphatic carbocycles. The van der Waals surface area contributed by atoms with Crippen LogP contribution < -0.4 is 11.5 Å². The molecule has 12 heavy (non-hydrogen) atoms. The number of nitrogens with two attached hydrogens (primary N) is 2. The molecule has 2 saturated carbocycles. The van der Waals surface area contributed by atoms with E-state index in [9.17, 15) is 4.79 Å². The molecule has 0 aliphatic heterocycles. The molecular formula is C8H14N2OS. The maximum atomic E-state index is 10.6. The lowest BCUT2D eigenvalue weighted by Crippen LogP contribution is -2.59. The van der Waals surface area contributed by atoms with E-state index in [0.29, 0.717) is 5.41 Å². The second-order valence-electron chi connectivity index (χ2n) is 4.19. The zero-order valence-electron chi connectivity index (χ0n) is 7.01. The molecule has 0 saturated heterocycles. The van der Waals surface area contributed by atoms with E-state index in [-0.39, 0.29) is 10.1 Å². The van der Waals surface area contributed by atoms with Crippen molar-refractivity contribution in [2.75, 3.05) is 0 Å². The summed E-state index contributed by atoms with van der Waals surface area (Å²) in [5.41, 5.74) is 11.5. The summed E-state index contributed by atoms with van der Waals surface area (Å²) >= 11 is 1.11. The second kappa shape index (κ2) is 2.39. The highest BCUT2D eigenvalue weighted by Gasteiger charge is 2.56. The van der Waals surface area contributed by atoms with Crippen molar-refractivity contribution >= 4 is 17.0 Å². The third kappa shape index (κ3) is 1.23. The highest BCUT2D eigenvalue weighted by Crippen LogP contribution is 2.62. The summed E-state index contributed by atoms with van der Waals surface area (Å²) in [5, 5.41) is -0.341. The van der Waals surface area contributed by atoms with Gasteiger partial charge in [-0.25, -0.2) is 0 Å². The number of hydrogen-bond donors (Lipinski definition) is 2. The smallest absolute Gasteiger partial charge is 0.278 e. The van der Waals surface area contributed by atoms with Crippen molar-refractivity contribution < 1.29 is 4.79 Å². The molecule has 3 nitrogen and oxygen atoms in total. The van der Waals surface area contributed by atoms with Crippen LogP contribution in [0.5, 0.6) is 0 Å². The van der Waals surface area contributed by atoms with Crippen LogP contribution in [0.4, 0.5) is 4.79 Å². The van der Waals surface area contributed by atoms with Crippen molar-refractivity contribution in [3.8, 4) is 0 Å². The van der Waals surface area contributed by atoms with E-state index in [1.165, 1.54) is 19.3 Å². The predicted molar refractivity (Wildman–Crippen MR) is 49.6 cm³/mol. The number of rotatable bonds is 1. The van der Waals surface area contributed by atoms with Crippen LogP contribution in [0, 0.1) is 5.41 Å². The Morgan fingerprint density at radius 1 is 1.33 bits per heavy atom. The predicted octanol–water partition coefficient (Wildman–Crippen LogP) is 1.42. The van der Waals surface area contributed by atoms with E-state index in [2.05, 4.69) is 0 Å². The molecule has 0 heterocycles. The fourth-order valence-corrected chi connectivity index (χ4v) is 3.68. The first-order valence-corrected chi connectivity index (χ1v) is 5.13. The van der Waals surface area contributed by atoms with Gasteiger partial charge in [-0.15, -0.1) is 0 Å². The molecule has 0 unspecified atom stereocenters. The number of primary amides is 1. The average molecular weight is 186 g/mol. The lowest BCUT2D eigenvalue weighted by Gasteiger charge is -2.58. The lowest BCUT2D eigenvalue weighted by molar-refractivity contribution is -0.00207. The van der Waals surface area contributed by atoms with E-state index < -0.39 is 0 Å². The lowest BCUT2D eigenvalue weighted by atomic mass is 9.54. The molecule has 2 aliphatic rings. The molecule has 0 radical (unpaired) electrons. The Hall–Kier alpha value is -0.220. The first-order valence-electron chi connectivity index (χ1n) is 4.31. The van der Waals surface area contributed by atoms with Gasteiger partial charge in [-0.1, -0.05) is 6.42 Å². The first kappa shape index (κ1) is 8.38. The van der Waals surface area contributed by atoms with Crippen LogP contribution in [0.3, 0.4) is 0 Å². The van der Waals surface area contributed by atoms with Crippen molar-refractivity contribution in [3.05, 3.63) is 0 Å². The van der Waals surface area contributed by atoms with E-state index in [1.54, 1.807) is 0 Å². The van der Waals surface area contributed by atoms with Gasteiger partial charge < -0.3 is 11.5 Å². The van der Waals surface area contributed by atoms with Gasteiger partial charge in [0.05, 0.1) is 4.87 Å².